The quantitative estimate of drug-likeness (QED) is 0.363. The molecule has 9 heteroatoms. The topological polar surface area (TPSA) is 86.8 Å². The van der Waals surface area contributed by atoms with Crippen LogP contribution in [0.25, 0.3) is 0 Å². The first kappa shape index (κ1) is 29.8. The molecule has 1 atom stereocenters. The summed E-state index contributed by atoms with van der Waals surface area (Å²) in [7, 11) is -4.20. The second kappa shape index (κ2) is 12.9. The number of aryl methyl sites for hydroxylation is 2. The monoisotopic (exact) mass is 553 g/mol. The number of anilines is 1. The summed E-state index contributed by atoms with van der Waals surface area (Å²) in [6.45, 7) is 8.81. The summed E-state index contributed by atoms with van der Waals surface area (Å²) in [5.74, 6) is -1.40. The number of hydrogen-bond donors (Lipinski definition) is 1. The van der Waals surface area contributed by atoms with E-state index in [0.717, 1.165) is 33.1 Å². The van der Waals surface area contributed by atoms with Crippen LogP contribution < -0.4 is 9.62 Å². The van der Waals surface area contributed by atoms with Crippen LogP contribution in [0, 0.1) is 19.7 Å². The second-order valence-electron chi connectivity index (χ2n) is 9.90. The lowest BCUT2D eigenvalue weighted by Crippen LogP contribution is -2.53. The molecule has 0 aliphatic carbocycles. The van der Waals surface area contributed by atoms with Crippen molar-refractivity contribution in [2.45, 2.75) is 64.6 Å². The number of amides is 2. The highest BCUT2D eigenvalue weighted by atomic mass is 32.2. The average molecular weight is 554 g/mol. The van der Waals surface area contributed by atoms with Crippen LogP contribution in [0.5, 0.6) is 0 Å². The normalized spacial score (nSPS) is 12.2. The molecule has 3 rings (SSSR count). The van der Waals surface area contributed by atoms with Gasteiger partial charge in [0.05, 0.1) is 10.6 Å². The number of rotatable bonds is 11. The van der Waals surface area contributed by atoms with Crippen molar-refractivity contribution in [2.75, 3.05) is 10.8 Å². The van der Waals surface area contributed by atoms with Crippen molar-refractivity contribution >= 4 is 27.5 Å². The number of carbonyl (C=O) groups excluding carboxylic acids is 2. The van der Waals surface area contributed by atoms with Crippen molar-refractivity contribution in [1.29, 1.82) is 0 Å². The van der Waals surface area contributed by atoms with Gasteiger partial charge in [-0.05, 0) is 76.1 Å². The maximum Gasteiger partial charge on any atom is 0.264 e. The predicted molar refractivity (Wildman–Crippen MR) is 151 cm³/mol. The third-order valence-electron chi connectivity index (χ3n) is 6.29. The lowest BCUT2D eigenvalue weighted by atomic mass is 10.1. The minimum absolute atomic E-state index is 0.0000908. The maximum atomic E-state index is 14.0. The summed E-state index contributed by atoms with van der Waals surface area (Å²) in [6, 6.07) is 17.9. The molecule has 2 amide bonds. The van der Waals surface area contributed by atoms with Crippen LogP contribution in [0.15, 0.2) is 77.7 Å². The van der Waals surface area contributed by atoms with Crippen LogP contribution in [0.3, 0.4) is 0 Å². The molecule has 0 saturated heterocycles. The lowest BCUT2D eigenvalue weighted by molar-refractivity contribution is -0.140. The van der Waals surface area contributed by atoms with E-state index in [1.165, 1.54) is 29.2 Å². The van der Waals surface area contributed by atoms with Gasteiger partial charge in [0, 0.05) is 12.6 Å². The molecule has 208 valence electrons. The van der Waals surface area contributed by atoms with Gasteiger partial charge in [0.15, 0.2) is 0 Å². The Morgan fingerprint density at radius 1 is 0.872 bits per heavy atom. The molecule has 3 aromatic rings. The molecular weight excluding hydrogens is 517 g/mol. The number of sulfonamides is 1. The van der Waals surface area contributed by atoms with Gasteiger partial charge in [0.25, 0.3) is 10.0 Å². The molecule has 0 saturated carbocycles. The van der Waals surface area contributed by atoms with Crippen molar-refractivity contribution in [2.24, 2.45) is 0 Å². The van der Waals surface area contributed by atoms with Crippen LogP contribution in [0.4, 0.5) is 10.1 Å². The van der Waals surface area contributed by atoms with Crippen molar-refractivity contribution in [1.82, 2.24) is 10.2 Å². The van der Waals surface area contributed by atoms with E-state index in [0.29, 0.717) is 6.42 Å². The first-order chi connectivity index (χ1) is 18.4. The predicted octanol–water partition coefficient (Wildman–Crippen LogP) is 4.97. The Hall–Kier alpha value is -3.72. The van der Waals surface area contributed by atoms with Crippen molar-refractivity contribution in [3.63, 3.8) is 0 Å². The number of benzene rings is 3. The summed E-state index contributed by atoms with van der Waals surface area (Å²) >= 11 is 0. The fourth-order valence-electron chi connectivity index (χ4n) is 4.16. The maximum absolute atomic E-state index is 14.0. The van der Waals surface area contributed by atoms with Gasteiger partial charge in [-0.3, -0.25) is 13.9 Å². The minimum atomic E-state index is -4.20. The Bertz CT molecular complexity index is 1370. The van der Waals surface area contributed by atoms with E-state index < -0.39 is 34.3 Å². The zero-order valence-corrected chi connectivity index (χ0v) is 23.8. The van der Waals surface area contributed by atoms with E-state index in [4.69, 9.17) is 0 Å². The Morgan fingerprint density at radius 2 is 1.41 bits per heavy atom. The lowest BCUT2D eigenvalue weighted by Gasteiger charge is -2.33. The molecule has 39 heavy (non-hydrogen) atoms. The van der Waals surface area contributed by atoms with Gasteiger partial charge in [0.2, 0.25) is 11.8 Å². The molecule has 0 unspecified atom stereocenters. The Morgan fingerprint density at radius 3 is 1.92 bits per heavy atom. The second-order valence-corrected chi connectivity index (χ2v) is 11.8. The minimum Gasteiger partial charge on any atom is -0.352 e. The third-order valence-corrected chi connectivity index (χ3v) is 8.08. The summed E-state index contributed by atoms with van der Waals surface area (Å²) in [6.07, 6.45) is 0.331. The molecule has 0 spiro atoms. The number of nitrogens with zero attached hydrogens (tertiary/aromatic N) is 2. The molecule has 0 aliphatic heterocycles. The first-order valence-electron chi connectivity index (χ1n) is 12.9. The summed E-state index contributed by atoms with van der Waals surface area (Å²) in [4.78, 5) is 28.5. The molecule has 0 heterocycles. The zero-order chi connectivity index (χ0) is 28.7. The largest absolute Gasteiger partial charge is 0.352 e. The van der Waals surface area contributed by atoms with Gasteiger partial charge < -0.3 is 10.2 Å². The molecule has 3 aromatic carbocycles. The molecule has 0 aromatic heterocycles. The van der Waals surface area contributed by atoms with Crippen LogP contribution in [-0.2, 0) is 26.2 Å². The fraction of sp³-hybridized carbons (Fsp3) is 0.333. The van der Waals surface area contributed by atoms with E-state index in [2.05, 4.69) is 5.32 Å². The molecule has 7 nitrogen and oxygen atoms in total. The van der Waals surface area contributed by atoms with Crippen molar-refractivity contribution in [3.8, 4) is 0 Å². The standard InChI is InChI=1S/C30H36FN3O4S/c1-6-28(30(36)32-21(2)3)33(19-24-11-7-22(4)8-12-24)29(35)20-34(26-15-13-25(31)14-16-26)39(37,38)27-17-9-23(5)10-18-27/h7-18,21,28H,6,19-20H2,1-5H3,(H,32,36)/t28-/m0/s1. The number of nitrogens with one attached hydrogen (secondary N) is 1. The Balaban J connectivity index is 2.05. The van der Waals surface area contributed by atoms with Gasteiger partial charge in [-0.1, -0.05) is 54.4 Å². The van der Waals surface area contributed by atoms with Gasteiger partial charge in [0.1, 0.15) is 18.4 Å². The number of hydrogen-bond acceptors (Lipinski definition) is 4. The fourth-order valence-corrected chi connectivity index (χ4v) is 5.58. The Kier molecular flexibility index (Phi) is 9.86. The summed E-state index contributed by atoms with van der Waals surface area (Å²) in [5, 5.41) is 2.87. The SMILES string of the molecule is CC[C@@H](C(=O)NC(C)C)N(Cc1ccc(C)cc1)C(=O)CN(c1ccc(F)cc1)S(=O)(=O)c1ccc(C)cc1. The van der Waals surface area contributed by atoms with Gasteiger partial charge in [-0.2, -0.15) is 0 Å². The third kappa shape index (κ3) is 7.66. The van der Waals surface area contributed by atoms with E-state index >= 15 is 0 Å². The molecule has 0 bridgehead atoms. The smallest absolute Gasteiger partial charge is 0.264 e. The zero-order valence-electron chi connectivity index (χ0n) is 23.0. The Labute approximate surface area is 230 Å². The average Bonchev–Trinajstić information content (AvgIpc) is 2.88. The van der Waals surface area contributed by atoms with E-state index in [9.17, 15) is 22.4 Å². The molecule has 0 radical (unpaired) electrons. The highest BCUT2D eigenvalue weighted by Crippen LogP contribution is 2.25. The summed E-state index contributed by atoms with van der Waals surface area (Å²) in [5.41, 5.74) is 2.87. The first-order valence-corrected chi connectivity index (χ1v) is 14.4. The number of carbonyl (C=O) groups is 2. The number of halogens is 1. The molecule has 1 N–H and O–H groups in total. The van der Waals surface area contributed by atoms with Gasteiger partial charge in [-0.15, -0.1) is 0 Å². The summed E-state index contributed by atoms with van der Waals surface area (Å²) < 4.78 is 42.3. The van der Waals surface area contributed by atoms with Gasteiger partial charge in [-0.25, -0.2) is 12.8 Å². The van der Waals surface area contributed by atoms with E-state index in [1.54, 1.807) is 19.1 Å². The van der Waals surface area contributed by atoms with Crippen LogP contribution in [0.1, 0.15) is 43.9 Å². The van der Waals surface area contributed by atoms with E-state index in [-0.39, 0.29) is 29.1 Å². The van der Waals surface area contributed by atoms with Crippen molar-refractivity contribution < 1.29 is 22.4 Å². The highest BCUT2D eigenvalue weighted by Gasteiger charge is 2.33. The van der Waals surface area contributed by atoms with Crippen LogP contribution >= 0.6 is 0 Å². The van der Waals surface area contributed by atoms with Crippen LogP contribution in [0.2, 0.25) is 0 Å². The highest BCUT2D eigenvalue weighted by molar-refractivity contribution is 7.92. The van der Waals surface area contributed by atoms with E-state index in [1.807, 2.05) is 52.0 Å². The van der Waals surface area contributed by atoms with Crippen LogP contribution in [-0.4, -0.2) is 43.8 Å². The molecular formula is C30H36FN3O4S. The molecule has 0 fully saturated rings. The van der Waals surface area contributed by atoms with Crippen molar-refractivity contribution in [3.05, 3.63) is 95.3 Å². The molecule has 0 aliphatic rings. The van der Waals surface area contributed by atoms with Gasteiger partial charge >= 0.3 is 0 Å².